The molecule has 0 spiro atoms. The summed E-state index contributed by atoms with van der Waals surface area (Å²) >= 11 is 1.40. The fourth-order valence-electron chi connectivity index (χ4n) is 2.31. The minimum atomic E-state index is -0.203. The summed E-state index contributed by atoms with van der Waals surface area (Å²) in [4.78, 5) is 16.2. The number of nitrogens with two attached hydrogens (primary N) is 1. The number of benzene rings is 2. The van der Waals surface area contributed by atoms with Crippen LogP contribution < -0.4 is 15.8 Å². The van der Waals surface area contributed by atoms with Crippen LogP contribution in [0.3, 0.4) is 0 Å². The highest BCUT2D eigenvalue weighted by Gasteiger charge is 2.06. The third-order valence-corrected chi connectivity index (χ3v) is 4.36. The molecule has 5 nitrogen and oxygen atoms in total. The zero-order chi connectivity index (χ0) is 17.6. The summed E-state index contributed by atoms with van der Waals surface area (Å²) in [6.45, 7) is 2.06. The van der Waals surface area contributed by atoms with E-state index in [1.807, 2.05) is 53.9 Å². The van der Waals surface area contributed by atoms with Crippen molar-refractivity contribution >= 4 is 28.1 Å². The minimum absolute atomic E-state index is 0.0319. The predicted molar refractivity (Wildman–Crippen MR) is 102 cm³/mol. The lowest BCUT2D eigenvalue weighted by atomic mass is 10.1. The Kier molecular flexibility index (Phi) is 5.30. The van der Waals surface area contributed by atoms with Crippen molar-refractivity contribution in [2.24, 2.45) is 0 Å². The lowest BCUT2D eigenvalue weighted by Gasteiger charge is -2.08. The van der Waals surface area contributed by atoms with Crippen LogP contribution in [0.2, 0.25) is 0 Å². The summed E-state index contributed by atoms with van der Waals surface area (Å²) in [7, 11) is 0. The first kappa shape index (κ1) is 17.0. The first-order chi connectivity index (χ1) is 12.1. The van der Waals surface area contributed by atoms with Crippen molar-refractivity contribution in [2.45, 2.75) is 13.3 Å². The highest BCUT2D eigenvalue weighted by Crippen LogP contribution is 2.24. The van der Waals surface area contributed by atoms with E-state index in [0.717, 1.165) is 17.7 Å². The molecule has 0 aliphatic rings. The van der Waals surface area contributed by atoms with E-state index in [0.29, 0.717) is 16.6 Å². The molecule has 0 atom stereocenters. The largest absolute Gasteiger partial charge is 0.484 e. The molecule has 3 aromatic rings. The Labute approximate surface area is 150 Å². The highest BCUT2D eigenvalue weighted by atomic mass is 32.1. The lowest BCUT2D eigenvalue weighted by Crippen LogP contribution is -2.20. The number of nitrogens with zero attached hydrogens (tertiary/aromatic N) is 1. The molecular formula is C19H19N3O2S. The summed E-state index contributed by atoms with van der Waals surface area (Å²) < 4.78 is 5.50. The van der Waals surface area contributed by atoms with Crippen molar-refractivity contribution < 1.29 is 9.53 Å². The van der Waals surface area contributed by atoms with Gasteiger partial charge in [0.2, 0.25) is 0 Å². The molecule has 3 N–H and O–H groups in total. The summed E-state index contributed by atoms with van der Waals surface area (Å²) in [6, 6.07) is 15.2. The van der Waals surface area contributed by atoms with E-state index in [4.69, 9.17) is 10.5 Å². The van der Waals surface area contributed by atoms with Crippen molar-refractivity contribution in [1.82, 2.24) is 4.98 Å². The lowest BCUT2D eigenvalue weighted by molar-refractivity contribution is -0.118. The Morgan fingerprint density at radius 2 is 1.88 bits per heavy atom. The number of nitrogens with one attached hydrogen (secondary N) is 1. The van der Waals surface area contributed by atoms with Crippen LogP contribution >= 0.6 is 11.3 Å². The van der Waals surface area contributed by atoms with Gasteiger partial charge in [-0.3, -0.25) is 4.79 Å². The van der Waals surface area contributed by atoms with Gasteiger partial charge in [-0.15, -0.1) is 11.3 Å². The normalized spacial score (nSPS) is 10.4. The van der Waals surface area contributed by atoms with Gasteiger partial charge in [-0.2, -0.15) is 0 Å². The summed E-state index contributed by atoms with van der Waals surface area (Å²) in [5.74, 6) is 0.481. The molecule has 6 heteroatoms. The molecule has 2 aromatic carbocycles. The van der Waals surface area contributed by atoms with Crippen molar-refractivity contribution in [3.63, 3.8) is 0 Å². The second-order valence-corrected chi connectivity index (χ2v) is 6.37. The van der Waals surface area contributed by atoms with Gasteiger partial charge in [-0.25, -0.2) is 4.98 Å². The molecule has 0 saturated carbocycles. The van der Waals surface area contributed by atoms with E-state index in [2.05, 4.69) is 17.2 Å². The number of aryl methyl sites for hydroxylation is 1. The average Bonchev–Trinajstić information content (AvgIpc) is 3.07. The van der Waals surface area contributed by atoms with Crippen molar-refractivity contribution in [3.8, 4) is 17.0 Å². The number of hydrogen-bond donors (Lipinski definition) is 2. The van der Waals surface area contributed by atoms with Gasteiger partial charge in [0.1, 0.15) is 5.75 Å². The number of carbonyl (C=O) groups excluding carboxylic acids is 1. The molecule has 0 aliphatic carbocycles. The number of rotatable bonds is 6. The maximum atomic E-state index is 12.0. The van der Waals surface area contributed by atoms with E-state index in [9.17, 15) is 4.79 Å². The third kappa shape index (κ3) is 4.58. The second kappa shape index (κ2) is 7.81. The summed E-state index contributed by atoms with van der Waals surface area (Å²) in [5.41, 5.74) is 9.38. The van der Waals surface area contributed by atoms with Crippen molar-refractivity contribution in [3.05, 3.63) is 59.5 Å². The Morgan fingerprint density at radius 3 is 2.48 bits per heavy atom. The van der Waals surface area contributed by atoms with Crippen LogP contribution in [-0.2, 0) is 11.2 Å². The van der Waals surface area contributed by atoms with Gasteiger partial charge in [0, 0.05) is 16.6 Å². The summed E-state index contributed by atoms with van der Waals surface area (Å²) in [6.07, 6.45) is 0.976. The van der Waals surface area contributed by atoms with Crippen LogP contribution in [0.4, 0.5) is 10.8 Å². The smallest absolute Gasteiger partial charge is 0.262 e. The van der Waals surface area contributed by atoms with E-state index >= 15 is 0 Å². The fourth-order valence-corrected chi connectivity index (χ4v) is 2.88. The molecule has 25 heavy (non-hydrogen) atoms. The topological polar surface area (TPSA) is 77.2 Å². The van der Waals surface area contributed by atoms with Crippen molar-refractivity contribution in [2.75, 3.05) is 17.7 Å². The Morgan fingerprint density at radius 1 is 1.16 bits per heavy atom. The molecule has 3 rings (SSSR count). The molecule has 0 radical (unpaired) electrons. The average molecular weight is 353 g/mol. The number of carbonyl (C=O) groups is 1. The molecule has 0 aliphatic heterocycles. The maximum absolute atomic E-state index is 12.0. The monoisotopic (exact) mass is 353 g/mol. The van der Waals surface area contributed by atoms with Crippen LogP contribution in [0.1, 0.15) is 12.5 Å². The first-order valence-corrected chi connectivity index (χ1v) is 8.85. The van der Waals surface area contributed by atoms with Gasteiger partial charge in [-0.1, -0.05) is 31.2 Å². The number of nitrogen functional groups attached to an aromatic ring is 1. The van der Waals surface area contributed by atoms with E-state index in [-0.39, 0.29) is 12.5 Å². The van der Waals surface area contributed by atoms with E-state index in [1.165, 1.54) is 16.9 Å². The molecule has 0 unspecified atom stereocenters. The third-order valence-electron chi connectivity index (χ3n) is 3.69. The SMILES string of the molecule is CCc1ccc(OCC(=O)Nc2ccc(-c3csc(N)n3)cc2)cc1. The molecule has 0 saturated heterocycles. The maximum Gasteiger partial charge on any atom is 0.262 e. The van der Waals surface area contributed by atoms with Crippen LogP contribution in [-0.4, -0.2) is 17.5 Å². The van der Waals surface area contributed by atoms with Crippen LogP contribution in [0.5, 0.6) is 5.75 Å². The quantitative estimate of drug-likeness (QED) is 0.703. The Bertz CT molecular complexity index is 842. The van der Waals surface area contributed by atoms with Crippen LogP contribution in [0.15, 0.2) is 53.9 Å². The highest BCUT2D eigenvalue weighted by molar-refractivity contribution is 7.13. The molecular weight excluding hydrogens is 334 g/mol. The van der Waals surface area contributed by atoms with Gasteiger partial charge in [0.15, 0.2) is 11.7 Å². The molecule has 0 fully saturated rings. The van der Waals surface area contributed by atoms with Gasteiger partial charge in [0.25, 0.3) is 5.91 Å². The van der Waals surface area contributed by atoms with Crippen LogP contribution in [0.25, 0.3) is 11.3 Å². The number of aromatic nitrogens is 1. The van der Waals surface area contributed by atoms with Crippen LogP contribution in [0, 0.1) is 0 Å². The van der Waals surface area contributed by atoms with Gasteiger partial charge in [-0.05, 0) is 36.2 Å². The molecule has 128 valence electrons. The van der Waals surface area contributed by atoms with E-state index in [1.54, 1.807) is 0 Å². The van der Waals surface area contributed by atoms with Gasteiger partial charge in [0.05, 0.1) is 5.69 Å². The molecule has 1 heterocycles. The zero-order valence-corrected chi connectivity index (χ0v) is 14.7. The number of ether oxygens (including phenoxy) is 1. The number of amides is 1. The zero-order valence-electron chi connectivity index (χ0n) is 13.9. The first-order valence-electron chi connectivity index (χ1n) is 7.97. The minimum Gasteiger partial charge on any atom is -0.484 e. The Hall–Kier alpha value is -2.86. The second-order valence-electron chi connectivity index (χ2n) is 5.48. The molecule has 1 amide bonds. The molecule has 0 bridgehead atoms. The number of hydrogen-bond acceptors (Lipinski definition) is 5. The standard InChI is InChI=1S/C19H19N3O2S/c1-2-13-3-9-16(10-4-13)24-11-18(23)21-15-7-5-14(6-8-15)17-12-25-19(20)22-17/h3-10,12H,2,11H2,1H3,(H2,20,22)(H,21,23). The summed E-state index contributed by atoms with van der Waals surface area (Å²) in [5, 5.41) is 5.25. The Balaban J connectivity index is 1.53. The predicted octanol–water partition coefficient (Wildman–Crippen LogP) is 3.97. The fraction of sp³-hybridized carbons (Fsp3) is 0.158. The number of thiazole rings is 1. The number of anilines is 2. The van der Waals surface area contributed by atoms with E-state index < -0.39 is 0 Å². The molecule has 1 aromatic heterocycles. The van der Waals surface area contributed by atoms with Gasteiger partial charge < -0.3 is 15.8 Å². The van der Waals surface area contributed by atoms with Gasteiger partial charge >= 0.3 is 0 Å². The van der Waals surface area contributed by atoms with Crippen molar-refractivity contribution in [1.29, 1.82) is 0 Å².